The Morgan fingerprint density at radius 2 is 0.982 bits per heavy atom. The maximum absolute atomic E-state index is 5.24. The van der Waals surface area contributed by atoms with Gasteiger partial charge in [0.1, 0.15) is 0 Å². The van der Waals surface area contributed by atoms with Gasteiger partial charge < -0.3 is 9.13 Å². The summed E-state index contributed by atoms with van der Waals surface area (Å²) in [6.45, 7) is 0. The largest absolute Gasteiger partial charge is 0.309 e. The summed E-state index contributed by atoms with van der Waals surface area (Å²) >= 11 is 0. The van der Waals surface area contributed by atoms with Gasteiger partial charge in [-0.2, -0.15) is 0 Å². The second-order valence-electron chi connectivity index (χ2n) is 16.1. The van der Waals surface area contributed by atoms with Crippen LogP contribution in [0, 0.1) is 0 Å². The normalized spacial score (nSPS) is 14.0. The van der Waals surface area contributed by atoms with Crippen LogP contribution in [-0.2, 0) is 6.42 Å². The molecule has 12 rings (SSSR count). The Kier molecular flexibility index (Phi) is 7.38. The summed E-state index contributed by atoms with van der Waals surface area (Å²) in [5.41, 5.74) is 11.0. The van der Waals surface area contributed by atoms with Crippen molar-refractivity contribution in [3.8, 4) is 11.4 Å². The van der Waals surface area contributed by atoms with Gasteiger partial charge in [-0.05, 0) is 111 Å². The van der Waals surface area contributed by atoms with Crippen molar-refractivity contribution in [1.29, 1.82) is 0 Å². The first kappa shape index (κ1) is 32.5. The maximum atomic E-state index is 5.24. The number of aromatic nitrogens is 3. The molecule has 1 saturated carbocycles. The lowest BCUT2D eigenvalue weighted by atomic mass is 9.79. The number of pyridine rings is 1. The zero-order chi connectivity index (χ0) is 37.5. The molecule has 0 radical (unpaired) electrons. The van der Waals surface area contributed by atoms with Gasteiger partial charge in [0.25, 0.3) is 0 Å². The van der Waals surface area contributed by atoms with Gasteiger partial charge in [0.05, 0.1) is 34.0 Å². The maximum Gasteiger partial charge on any atom is 0.0645 e. The Bertz CT molecular complexity index is 3340. The molecule has 57 heavy (non-hydrogen) atoms. The molecule has 0 amide bonds. The monoisotopic (exact) mass is 731 g/mol. The number of hydrogen-bond donors (Lipinski definition) is 0. The Morgan fingerprint density at radius 1 is 0.421 bits per heavy atom. The average molecular weight is 732 g/mol. The minimum atomic E-state index is 0.610. The molecular formula is C54H41N3. The summed E-state index contributed by atoms with van der Waals surface area (Å²) in [6, 6.07) is 60.6. The molecule has 3 heterocycles. The molecule has 3 heteroatoms. The van der Waals surface area contributed by atoms with Crippen LogP contribution in [-0.4, -0.2) is 14.1 Å². The first-order chi connectivity index (χ1) is 28.3. The quantitative estimate of drug-likeness (QED) is 0.162. The zero-order valence-electron chi connectivity index (χ0n) is 31.8. The summed E-state index contributed by atoms with van der Waals surface area (Å²) in [7, 11) is 0. The van der Waals surface area contributed by atoms with Crippen LogP contribution < -0.4 is 0 Å². The summed E-state index contributed by atoms with van der Waals surface area (Å²) in [4.78, 5) is 5.24. The summed E-state index contributed by atoms with van der Waals surface area (Å²) in [5.74, 6) is 0.610. The second-order valence-corrected chi connectivity index (χ2v) is 16.1. The predicted molar refractivity (Wildman–Crippen MR) is 241 cm³/mol. The van der Waals surface area contributed by atoms with Crippen LogP contribution in [0.5, 0.6) is 0 Å². The number of para-hydroxylation sites is 3. The van der Waals surface area contributed by atoms with Crippen LogP contribution in [0.2, 0.25) is 0 Å². The van der Waals surface area contributed by atoms with E-state index >= 15 is 0 Å². The standard InChI is InChI=1S/C54H41N3/c1-3-15-35(16-4-1)40-30-27-36(53-45-23-9-7-19-41(45)42-20-8-10-24-46(42)54(40)53)31-37-28-29-39(34-55-37)57-50-26-14-12-22-44(50)48-32-47-43-21-11-13-25-49(43)56(51(47)33-52(48)57)38-17-5-2-6-18-38/h2,5-14,17-30,32-35H,1,3-4,15-16,31H2. The third kappa shape index (κ3) is 5.01. The molecule has 3 aromatic heterocycles. The molecular weight excluding hydrogens is 691 g/mol. The Morgan fingerprint density at radius 3 is 1.61 bits per heavy atom. The van der Waals surface area contributed by atoms with Crippen LogP contribution >= 0.6 is 0 Å². The minimum absolute atomic E-state index is 0.610. The van der Waals surface area contributed by atoms with Crippen molar-refractivity contribution >= 4 is 75.9 Å². The first-order valence-corrected chi connectivity index (χ1v) is 20.6. The molecule has 3 nitrogen and oxygen atoms in total. The highest BCUT2D eigenvalue weighted by Gasteiger charge is 2.23. The second kappa shape index (κ2) is 12.9. The van der Waals surface area contributed by atoms with Crippen molar-refractivity contribution in [2.45, 2.75) is 44.4 Å². The molecule has 8 aromatic carbocycles. The van der Waals surface area contributed by atoms with Crippen molar-refractivity contribution in [3.63, 3.8) is 0 Å². The van der Waals surface area contributed by atoms with Gasteiger partial charge in [-0.1, -0.05) is 135 Å². The summed E-state index contributed by atoms with van der Waals surface area (Å²) in [6.07, 6.45) is 9.42. The van der Waals surface area contributed by atoms with Crippen LogP contribution in [0.3, 0.4) is 0 Å². The number of rotatable bonds is 5. The van der Waals surface area contributed by atoms with E-state index in [0.29, 0.717) is 5.92 Å². The average Bonchev–Trinajstić information content (AvgIpc) is 3.78. The lowest BCUT2D eigenvalue weighted by Gasteiger charge is -2.26. The van der Waals surface area contributed by atoms with Gasteiger partial charge >= 0.3 is 0 Å². The molecule has 1 fully saturated rings. The smallest absolute Gasteiger partial charge is 0.0645 e. The van der Waals surface area contributed by atoms with Crippen molar-refractivity contribution in [1.82, 2.24) is 14.1 Å². The van der Waals surface area contributed by atoms with Crippen LogP contribution in [0.15, 0.2) is 170 Å². The van der Waals surface area contributed by atoms with E-state index in [9.17, 15) is 0 Å². The molecule has 0 atom stereocenters. The van der Waals surface area contributed by atoms with Crippen molar-refractivity contribution < 1.29 is 0 Å². The van der Waals surface area contributed by atoms with E-state index in [-0.39, 0.29) is 0 Å². The van der Waals surface area contributed by atoms with Crippen LogP contribution in [0.4, 0.5) is 0 Å². The van der Waals surface area contributed by atoms with Crippen molar-refractivity contribution in [2.75, 3.05) is 0 Å². The molecule has 0 saturated heterocycles. The van der Waals surface area contributed by atoms with E-state index < -0.39 is 0 Å². The zero-order valence-corrected chi connectivity index (χ0v) is 31.8. The lowest BCUT2D eigenvalue weighted by Crippen LogP contribution is -2.06. The Labute approximate surface area is 331 Å². The van der Waals surface area contributed by atoms with E-state index in [2.05, 4.69) is 179 Å². The SMILES string of the molecule is c1ccc(-n2c3ccccc3c3cc4c5ccccc5n(-c5ccc(Cc6ccc(C7CCCCC7)c7c8ccccc8c8ccccc8c67)nc5)c4cc32)cc1. The van der Waals surface area contributed by atoms with Gasteiger partial charge in [0.15, 0.2) is 0 Å². The number of benzene rings is 8. The van der Waals surface area contributed by atoms with E-state index in [1.54, 1.807) is 0 Å². The van der Waals surface area contributed by atoms with Gasteiger partial charge in [0, 0.05) is 39.3 Å². The lowest BCUT2D eigenvalue weighted by molar-refractivity contribution is 0.445. The number of hydrogen-bond acceptors (Lipinski definition) is 1. The summed E-state index contributed by atoms with van der Waals surface area (Å²) in [5, 5.41) is 13.3. The fraction of sp³-hybridized carbons (Fsp3) is 0.130. The van der Waals surface area contributed by atoms with E-state index in [4.69, 9.17) is 4.98 Å². The van der Waals surface area contributed by atoms with E-state index in [1.807, 2.05) is 0 Å². The molecule has 0 spiro atoms. The van der Waals surface area contributed by atoms with Gasteiger partial charge in [-0.15, -0.1) is 0 Å². The number of fused-ring (bicyclic) bond motifs is 12. The van der Waals surface area contributed by atoms with Crippen LogP contribution in [0.1, 0.15) is 54.8 Å². The van der Waals surface area contributed by atoms with Crippen molar-refractivity contribution in [2.24, 2.45) is 0 Å². The third-order valence-corrected chi connectivity index (χ3v) is 13.0. The molecule has 0 unspecified atom stereocenters. The molecule has 0 aliphatic heterocycles. The molecule has 1 aliphatic carbocycles. The summed E-state index contributed by atoms with van der Waals surface area (Å²) < 4.78 is 4.81. The molecule has 0 N–H and O–H groups in total. The highest BCUT2D eigenvalue weighted by Crippen LogP contribution is 2.45. The Balaban J connectivity index is 1.02. The molecule has 11 aromatic rings. The fourth-order valence-corrected chi connectivity index (χ4v) is 10.4. The van der Waals surface area contributed by atoms with Gasteiger partial charge in [0.2, 0.25) is 0 Å². The highest BCUT2D eigenvalue weighted by atomic mass is 15.0. The Hall–Kier alpha value is -6.71. The highest BCUT2D eigenvalue weighted by molar-refractivity contribution is 6.27. The fourth-order valence-electron chi connectivity index (χ4n) is 10.4. The first-order valence-electron chi connectivity index (χ1n) is 20.6. The third-order valence-electron chi connectivity index (χ3n) is 13.0. The van der Waals surface area contributed by atoms with Crippen molar-refractivity contribution in [3.05, 3.63) is 187 Å². The molecule has 1 aliphatic rings. The van der Waals surface area contributed by atoms with E-state index in [1.165, 1.54) is 119 Å². The molecule has 272 valence electrons. The molecule has 0 bridgehead atoms. The minimum Gasteiger partial charge on any atom is -0.309 e. The number of nitrogens with zero attached hydrogens (tertiary/aromatic N) is 3. The van der Waals surface area contributed by atoms with Gasteiger partial charge in [-0.3, -0.25) is 4.98 Å². The topological polar surface area (TPSA) is 22.8 Å². The predicted octanol–water partition coefficient (Wildman–Crippen LogP) is 14.4. The van der Waals surface area contributed by atoms with Crippen LogP contribution in [0.25, 0.3) is 87.3 Å². The van der Waals surface area contributed by atoms with E-state index in [0.717, 1.165) is 23.5 Å². The van der Waals surface area contributed by atoms with Gasteiger partial charge in [-0.25, -0.2) is 0 Å².